The Bertz CT molecular complexity index is 671. The molecular weight excluding hydrogens is 278 g/mol. The van der Waals surface area contributed by atoms with E-state index in [9.17, 15) is 13.5 Å². The Hall–Kier alpha value is -1.86. The van der Waals surface area contributed by atoms with Crippen molar-refractivity contribution >= 4 is 10.0 Å². The van der Waals surface area contributed by atoms with E-state index in [1.54, 1.807) is 38.1 Å². The van der Waals surface area contributed by atoms with Gasteiger partial charge in [-0.2, -0.15) is 5.10 Å². The number of aromatic nitrogens is 2. The Kier molecular flexibility index (Phi) is 4.10. The van der Waals surface area contributed by atoms with Crippen LogP contribution < -0.4 is 4.72 Å². The third kappa shape index (κ3) is 3.17. The second kappa shape index (κ2) is 5.64. The van der Waals surface area contributed by atoms with Gasteiger partial charge in [0.25, 0.3) is 0 Å². The molecule has 0 aliphatic rings. The van der Waals surface area contributed by atoms with Crippen molar-refractivity contribution in [3.63, 3.8) is 0 Å². The van der Waals surface area contributed by atoms with E-state index >= 15 is 0 Å². The molecule has 0 bridgehead atoms. The van der Waals surface area contributed by atoms with Crippen LogP contribution in [0.3, 0.4) is 0 Å². The molecule has 1 aromatic heterocycles. The maximum absolute atomic E-state index is 12.2. The van der Waals surface area contributed by atoms with Crippen LogP contribution in [0.15, 0.2) is 29.2 Å². The number of aromatic hydroxyl groups is 1. The first-order valence-corrected chi connectivity index (χ1v) is 7.67. The fraction of sp³-hybridized carbons (Fsp3) is 0.308. The number of sulfonamides is 1. The lowest BCUT2D eigenvalue weighted by Gasteiger charge is -2.07. The number of hydrogen-bond donors (Lipinski definition) is 3. The summed E-state index contributed by atoms with van der Waals surface area (Å²) in [6, 6.07) is 6.68. The predicted molar refractivity (Wildman–Crippen MR) is 75.1 cm³/mol. The average Bonchev–Trinajstić information content (AvgIpc) is 2.72. The van der Waals surface area contributed by atoms with Gasteiger partial charge in [0.05, 0.1) is 11.4 Å². The van der Waals surface area contributed by atoms with Crippen molar-refractivity contribution in [1.29, 1.82) is 0 Å². The van der Waals surface area contributed by atoms with E-state index in [0.717, 1.165) is 5.56 Å². The largest absolute Gasteiger partial charge is 0.508 e. The van der Waals surface area contributed by atoms with E-state index in [-0.39, 0.29) is 17.2 Å². The zero-order valence-electron chi connectivity index (χ0n) is 11.3. The number of phenols is 1. The minimum absolute atomic E-state index is 0.193. The number of H-pyrrole nitrogens is 1. The van der Waals surface area contributed by atoms with Gasteiger partial charge in [0.1, 0.15) is 10.6 Å². The molecule has 0 radical (unpaired) electrons. The van der Waals surface area contributed by atoms with Crippen molar-refractivity contribution in [1.82, 2.24) is 14.9 Å². The molecule has 2 rings (SSSR count). The first-order chi connectivity index (χ1) is 9.40. The first kappa shape index (κ1) is 14.5. The number of aryl methyl sites for hydroxylation is 2. The molecule has 1 aromatic carbocycles. The SMILES string of the molecule is Cc1n[nH]c(C)c1S(=O)(=O)NCCc1ccc(O)cc1. The Morgan fingerprint density at radius 2 is 1.90 bits per heavy atom. The summed E-state index contributed by atoms with van der Waals surface area (Å²) < 4.78 is 26.9. The van der Waals surface area contributed by atoms with Gasteiger partial charge in [-0.1, -0.05) is 12.1 Å². The summed E-state index contributed by atoms with van der Waals surface area (Å²) >= 11 is 0. The zero-order valence-corrected chi connectivity index (χ0v) is 12.2. The van der Waals surface area contributed by atoms with Crippen molar-refractivity contribution in [2.75, 3.05) is 6.54 Å². The maximum atomic E-state index is 12.2. The van der Waals surface area contributed by atoms with Crippen LogP contribution >= 0.6 is 0 Å². The van der Waals surface area contributed by atoms with Crippen molar-refractivity contribution < 1.29 is 13.5 Å². The maximum Gasteiger partial charge on any atom is 0.244 e. The van der Waals surface area contributed by atoms with Gasteiger partial charge < -0.3 is 5.11 Å². The van der Waals surface area contributed by atoms with Gasteiger partial charge in [0.2, 0.25) is 10.0 Å². The fourth-order valence-corrected chi connectivity index (χ4v) is 3.40. The number of phenolic OH excluding ortho intramolecular Hbond substituents is 1. The quantitative estimate of drug-likeness (QED) is 0.773. The van der Waals surface area contributed by atoms with Gasteiger partial charge in [-0.3, -0.25) is 5.10 Å². The molecule has 2 aromatic rings. The molecule has 0 atom stereocenters. The second-order valence-corrected chi connectivity index (χ2v) is 6.28. The lowest BCUT2D eigenvalue weighted by Crippen LogP contribution is -2.26. The Balaban J connectivity index is 2.02. The predicted octanol–water partition coefficient (Wildman–Crippen LogP) is 1.25. The van der Waals surface area contributed by atoms with Crippen molar-refractivity contribution in [3.05, 3.63) is 41.2 Å². The summed E-state index contributed by atoms with van der Waals surface area (Å²) in [7, 11) is -3.55. The molecule has 0 unspecified atom stereocenters. The number of hydrogen-bond acceptors (Lipinski definition) is 4. The summed E-state index contributed by atoms with van der Waals surface area (Å²) in [5.74, 6) is 0.193. The van der Waals surface area contributed by atoms with E-state index in [1.165, 1.54) is 0 Å². The second-order valence-electron chi connectivity index (χ2n) is 4.58. The minimum Gasteiger partial charge on any atom is -0.508 e. The molecule has 1 heterocycles. The molecule has 0 aliphatic heterocycles. The number of nitrogens with zero attached hydrogens (tertiary/aromatic N) is 1. The van der Waals surface area contributed by atoms with Gasteiger partial charge in [0.15, 0.2) is 0 Å². The van der Waals surface area contributed by atoms with Gasteiger partial charge in [-0.25, -0.2) is 13.1 Å². The highest BCUT2D eigenvalue weighted by Crippen LogP contribution is 2.16. The lowest BCUT2D eigenvalue weighted by molar-refractivity contribution is 0.475. The van der Waals surface area contributed by atoms with Gasteiger partial charge in [-0.05, 0) is 38.0 Å². The van der Waals surface area contributed by atoms with E-state index in [0.29, 0.717) is 17.8 Å². The molecule has 0 spiro atoms. The fourth-order valence-electron chi connectivity index (χ4n) is 2.00. The summed E-state index contributed by atoms with van der Waals surface area (Å²) in [5, 5.41) is 15.7. The molecule has 0 aliphatic carbocycles. The molecule has 0 fully saturated rings. The van der Waals surface area contributed by atoms with Crippen LogP contribution in [0, 0.1) is 13.8 Å². The first-order valence-electron chi connectivity index (χ1n) is 6.19. The molecule has 3 N–H and O–H groups in total. The monoisotopic (exact) mass is 295 g/mol. The molecule has 7 heteroatoms. The summed E-state index contributed by atoms with van der Waals surface area (Å²) in [5.41, 5.74) is 1.94. The molecule has 108 valence electrons. The molecular formula is C13H17N3O3S. The molecule has 0 saturated heterocycles. The standard InChI is InChI=1S/C13H17N3O3S/c1-9-13(10(2)16-15-9)20(18,19)14-8-7-11-3-5-12(17)6-4-11/h3-6,14,17H,7-8H2,1-2H3,(H,15,16). The topological polar surface area (TPSA) is 95.1 Å². The number of rotatable bonds is 5. The van der Waals surface area contributed by atoms with E-state index in [4.69, 9.17) is 0 Å². The Morgan fingerprint density at radius 3 is 2.45 bits per heavy atom. The third-order valence-corrected chi connectivity index (χ3v) is 4.69. The highest BCUT2D eigenvalue weighted by Gasteiger charge is 2.21. The zero-order chi connectivity index (χ0) is 14.8. The number of benzene rings is 1. The van der Waals surface area contributed by atoms with Crippen LogP contribution in [0.4, 0.5) is 0 Å². The normalized spacial score (nSPS) is 11.7. The number of aromatic amines is 1. The van der Waals surface area contributed by atoms with Crippen LogP contribution in [0.5, 0.6) is 5.75 Å². The third-order valence-electron chi connectivity index (χ3n) is 2.97. The van der Waals surface area contributed by atoms with Gasteiger partial charge >= 0.3 is 0 Å². The van der Waals surface area contributed by atoms with E-state index in [1.807, 2.05) is 0 Å². The van der Waals surface area contributed by atoms with Crippen LogP contribution in [0.25, 0.3) is 0 Å². The van der Waals surface area contributed by atoms with Crippen molar-refractivity contribution in [3.8, 4) is 5.75 Å². The van der Waals surface area contributed by atoms with E-state index in [2.05, 4.69) is 14.9 Å². The van der Waals surface area contributed by atoms with Crippen LogP contribution in [0.1, 0.15) is 17.0 Å². The number of nitrogens with one attached hydrogen (secondary N) is 2. The highest BCUT2D eigenvalue weighted by molar-refractivity contribution is 7.89. The van der Waals surface area contributed by atoms with Crippen molar-refractivity contribution in [2.24, 2.45) is 0 Å². The molecule has 6 nitrogen and oxygen atoms in total. The van der Waals surface area contributed by atoms with E-state index < -0.39 is 10.0 Å². The molecule has 20 heavy (non-hydrogen) atoms. The summed E-state index contributed by atoms with van der Waals surface area (Å²) in [4.78, 5) is 0.211. The smallest absolute Gasteiger partial charge is 0.244 e. The molecule has 0 saturated carbocycles. The van der Waals surface area contributed by atoms with Gasteiger partial charge in [0, 0.05) is 6.54 Å². The average molecular weight is 295 g/mol. The minimum atomic E-state index is -3.55. The lowest BCUT2D eigenvalue weighted by atomic mass is 10.1. The summed E-state index contributed by atoms with van der Waals surface area (Å²) in [6.45, 7) is 3.61. The van der Waals surface area contributed by atoms with Crippen LogP contribution in [0.2, 0.25) is 0 Å². The van der Waals surface area contributed by atoms with Gasteiger partial charge in [-0.15, -0.1) is 0 Å². The molecule has 0 amide bonds. The Morgan fingerprint density at radius 1 is 1.25 bits per heavy atom. The van der Waals surface area contributed by atoms with Crippen molar-refractivity contribution in [2.45, 2.75) is 25.2 Å². The highest BCUT2D eigenvalue weighted by atomic mass is 32.2. The van der Waals surface area contributed by atoms with Crippen LogP contribution in [-0.4, -0.2) is 30.3 Å². The van der Waals surface area contributed by atoms with Crippen LogP contribution in [-0.2, 0) is 16.4 Å². The Labute approximate surface area is 117 Å². The summed E-state index contributed by atoms with van der Waals surface area (Å²) in [6.07, 6.45) is 0.551.